The number of carbonyl (C=O) groups excluding carboxylic acids is 1. The summed E-state index contributed by atoms with van der Waals surface area (Å²) in [5.74, 6) is 0. The Morgan fingerprint density at radius 3 is 2.50 bits per heavy atom. The van der Waals surface area contributed by atoms with Crippen LogP contribution in [-0.4, -0.2) is 48.8 Å². The number of nitrogens with zero attached hydrogens (tertiary/aromatic N) is 1. The number of amides is 1. The lowest BCUT2D eigenvalue weighted by Crippen LogP contribution is -2.46. The Labute approximate surface area is 198 Å². The molecule has 8 nitrogen and oxygen atoms in total. The van der Waals surface area contributed by atoms with Crippen molar-refractivity contribution in [3.63, 3.8) is 0 Å². The first kappa shape index (κ1) is 23.7. The number of hydrogen-bond acceptors (Lipinski definition) is 6. The number of halogens is 3. The normalized spacial score (nSPS) is 23.5. The number of nitrogens with one attached hydrogen (secondary N) is 3. The van der Waals surface area contributed by atoms with Crippen LogP contribution in [0, 0.1) is 11.3 Å². The maximum absolute atomic E-state index is 12.9. The van der Waals surface area contributed by atoms with Gasteiger partial charge in [-0.15, -0.1) is 0 Å². The third kappa shape index (κ3) is 5.56. The molecule has 2 heterocycles. The van der Waals surface area contributed by atoms with Gasteiger partial charge in [0.1, 0.15) is 12.2 Å². The van der Waals surface area contributed by atoms with E-state index in [1.54, 1.807) is 24.3 Å². The highest BCUT2D eigenvalue weighted by Crippen LogP contribution is 2.31. The van der Waals surface area contributed by atoms with Gasteiger partial charge in [-0.1, -0.05) is 12.1 Å². The molecule has 12 heteroatoms. The van der Waals surface area contributed by atoms with E-state index in [9.17, 15) is 18.0 Å². The summed E-state index contributed by atoms with van der Waals surface area (Å²) < 4.78 is 55.4. The molecular weight excluding hydrogens is 473 g/mol. The molecule has 0 aliphatic carbocycles. The molecule has 0 unspecified atom stereocenters. The fraction of sp³-hybridized carbons (Fsp3) is 0.318. The molecule has 0 bridgehead atoms. The lowest BCUT2D eigenvalue weighted by atomic mass is 10.1. The smallest absolute Gasteiger partial charge is 0.416 e. The van der Waals surface area contributed by atoms with E-state index < -0.39 is 36.1 Å². The van der Waals surface area contributed by atoms with Crippen LogP contribution in [0.2, 0.25) is 0 Å². The largest absolute Gasteiger partial charge is 0.441 e. The number of benzene rings is 2. The van der Waals surface area contributed by atoms with E-state index in [1.165, 1.54) is 12.1 Å². The lowest BCUT2D eigenvalue weighted by molar-refractivity contribution is -0.137. The second-order valence-corrected chi connectivity index (χ2v) is 8.05. The van der Waals surface area contributed by atoms with Crippen molar-refractivity contribution in [3.8, 4) is 6.07 Å². The third-order valence-electron chi connectivity index (χ3n) is 5.27. The predicted octanol–water partition coefficient (Wildman–Crippen LogP) is 3.65. The number of thiocarbonyl (C=S) groups is 1. The first-order valence-electron chi connectivity index (χ1n) is 10.2. The van der Waals surface area contributed by atoms with E-state index in [0.717, 1.165) is 12.1 Å². The highest BCUT2D eigenvalue weighted by molar-refractivity contribution is 7.80. The van der Waals surface area contributed by atoms with Gasteiger partial charge in [-0.3, -0.25) is 5.32 Å². The van der Waals surface area contributed by atoms with E-state index in [4.69, 9.17) is 31.7 Å². The summed E-state index contributed by atoms with van der Waals surface area (Å²) in [6, 6.07) is 12.8. The molecule has 2 fully saturated rings. The second-order valence-electron chi connectivity index (χ2n) is 7.64. The zero-order valence-electron chi connectivity index (χ0n) is 17.5. The number of nitriles is 1. The quantitative estimate of drug-likeness (QED) is 0.556. The molecule has 3 N–H and O–H groups in total. The summed E-state index contributed by atoms with van der Waals surface area (Å²) in [4.78, 5) is 12.2. The number of hydrogen-bond donors (Lipinski definition) is 3. The zero-order chi connectivity index (χ0) is 24.3. The van der Waals surface area contributed by atoms with Crippen molar-refractivity contribution in [2.75, 3.05) is 23.8 Å². The topological polar surface area (TPSA) is 105 Å². The Bertz CT molecular complexity index is 1120. The minimum Gasteiger partial charge on any atom is -0.441 e. The molecular formula is C22H19F3N4O4S. The molecule has 4 atom stereocenters. The summed E-state index contributed by atoms with van der Waals surface area (Å²) in [5.41, 5.74) is 0.206. The van der Waals surface area contributed by atoms with Crippen molar-refractivity contribution in [2.45, 2.75) is 30.5 Å². The summed E-state index contributed by atoms with van der Waals surface area (Å²) in [6.07, 6.45) is -7.19. The fourth-order valence-corrected chi connectivity index (χ4v) is 4.02. The van der Waals surface area contributed by atoms with Gasteiger partial charge in [0.05, 0.1) is 36.5 Å². The predicted molar refractivity (Wildman–Crippen MR) is 119 cm³/mol. The van der Waals surface area contributed by atoms with E-state index in [1.807, 2.05) is 6.07 Å². The van der Waals surface area contributed by atoms with Gasteiger partial charge in [-0.05, 0) is 48.6 Å². The average Bonchev–Trinajstić information content (AvgIpc) is 3.37. The van der Waals surface area contributed by atoms with Gasteiger partial charge >= 0.3 is 12.3 Å². The first-order valence-corrected chi connectivity index (χ1v) is 10.6. The molecule has 0 radical (unpaired) electrons. The van der Waals surface area contributed by atoms with Crippen LogP contribution in [0.25, 0.3) is 0 Å². The van der Waals surface area contributed by atoms with E-state index in [2.05, 4.69) is 16.0 Å². The number of alkyl halides is 3. The molecule has 0 aromatic heterocycles. The first-order chi connectivity index (χ1) is 16.2. The monoisotopic (exact) mass is 492 g/mol. The molecule has 34 heavy (non-hydrogen) atoms. The maximum atomic E-state index is 12.9. The number of ether oxygens (including phenoxy) is 3. The number of anilines is 2. The number of fused-ring (bicyclic) bond motifs is 1. The van der Waals surface area contributed by atoms with Gasteiger partial charge in [0.2, 0.25) is 0 Å². The second kappa shape index (κ2) is 9.84. The molecule has 2 aromatic carbocycles. The third-order valence-corrected chi connectivity index (χ3v) is 5.49. The molecule has 1 amide bonds. The van der Waals surface area contributed by atoms with E-state index in [0.29, 0.717) is 16.4 Å². The minimum absolute atomic E-state index is 0.0425. The molecule has 2 saturated heterocycles. The van der Waals surface area contributed by atoms with Gasteiger partial charge in [0, 0.05) is 11.4 Å². The fourth-order valence-electron chi connectivity index (χ4n) is 3.75. The van der Waals surface area contributed by atoms with Crippen molar-refractivity contribution in [2.24, 2.45) is 0 Å². The van der Waals surface area contributed by atoms with Gasteiger partial charge in [-0.2, -0.15) is 18.4 Å². The van der Waals surface area contributed by atoms with E-state index >= 15 is 0 Å². The van der Waals surface area contributed by atoms with Crippen LogP contribution < -0.4 is 16.0 Å². The SMILES string of the molecule is N#Cc1cccc(NC(=S)N[C@@H]2CO[C@@H]3[C@@H]2OC[C@H]3OC(=O)Nc2cccc(C(F)(F)F)c2)c1. The van der Waals surface area contributed by atoms with Gasteiger partial charge < -0.3 is 24.8 Å². The standard InChI is InChI=1S/C22H19F3N4O4S/c23-22(24,25)13-4-2-6-15(8-13)28-21(30)33-17-11-32-18-16(10-31-19(17)18)29-20(34)27-14-5-1-3-12(7-14)9-26/h1-8,16-19H,10-11H2,(H,28,30)(H2,27,29,34)/t16-,17-,18-,19+/m1/s1. The van der Waals surface area contributed by atoms with Crippen molar-refractivity contribution < 1.29 is 32.2 Å². The summed E-state index contributed by atoms with van der Waals surface area (Å²) >= 11 is 5.33. The Kier molecular flexibility index (Phi) is 6.87. The van der Waals surface area contributed by atoms with Crippen molar-refractivity contribution in [3.05, 3.63) is 59.7 Å². The van der Waals surface area contributed by atoms with Crippen LogP contribution in [0.5, 0.6) is 0 Å². The molecule has 2 aromatic rings. The number of carbonyl (C=O) groups is 1. The Balaban J connectivity index is 1.29. The summed E-state index contributed by atoms with van der Waals surface area (Å²) in [6.45, 7) is 0.304. The van der Waals surface area contributed by atoms with Gasteiger partial charge in [0.25, 0.3) is 0 Å². The van der Waals surface area contributed by atoms with Crippen molar-refractivity contribution in [1.29, 1.82) is 5.26 Å². The molecule has 2 aliphatic heterocycles. The molecule has 0 spiro atoms. The zero-order valence-corrected chi connectivity index (χ0v) is 18.3. The maximum Gasteiger partial charge on any atom is 0.416 e. The lowest BCUT2D eigenvalue weighted by Gasteiger charge is -2.20. The minimum atomic E-state index is -4.53. The van der Waals surface area contributed by atoms with Crippen LogP contribution >= 0.6 is 12.2 Å². The van der Waals surface area contributed by atoms with Crippen LogP contribution in [0.1, 0.15) is 11.1 Å². The summed E-state index contributed by atoms with van der Waals surface area (Å²) in [7, 11) is 0. The molecule has 0 saturated carbocycles. The Morgan fingerprint density at radius 2 is 1.76 bits per heavy atom. The van der Waals surface area contributed by atoms with Crippen LogP contribution in [0.15, 0.2) is 48.5 Å². The van der Waals surface area contributed by atoms with Crippen LogP contribution in [0.3, 0.4) is 0 Å². The molecule has 4 rings (SSSR count). The van der Waals surface area contributed by atoms with Crippen molar-refractivity contribution >= 4 is 34.8 Å². The van der Waals surface area contributed by atoms with Crippen LogP contribution in [0.4, 0.5) is 29.3 Å². The highest BCUT2D eigenvalue weighted by Gasteiger charge is 2.49. The molecule has 178 valence electrons. The highest BCUT2D eigenvalue weighted by atomic mass is 32.1. The Morgan fingerprint density at radius 1 is 1.06 bits per heavy atom. The van der Waals surface area contributed by atoms with E-state index in [-0.39, 0.29) is 24.9 Å². The summed E-state index contributed by atoms with van der Waals surface area (Å²) in [5, 5.41) is 17.7. The average molecular weight is 492 g/mol. The van der Waals surface area contributed by atoms with Gasteiger partial charge in [0.15, 0.2) is 11.2 Å². The van der Waals surface area contributed by atoms with Crippen LogP contribution in [-0.2, 0) is 20.4 Å². The number of rotatable bonds is 4. The van der Waals surface area contributed by atoms with Crippen molar-refractivity contribution in [1.82, 2.24) is 5.32 Å². The molecule has 2 aliphatic rings. The van der Waals surface area contributed by atoms with Gasteiger partial charge in [-0.25, -0.2) is 4.79 Å². The Hall–Kier alpha value is -3.40.